The monoisotopic (exact) mass is 352 g/mol. The number of benzene rings is 1. The fourth-order valence-electron chi connectivity index (χ4n) is 2.62. The van der Waals surface area contributed by atoms with E-state index in [1.807, 2.05) is 30.3 Å². The minimum atomic E-state index is -3.46. The Morgan fingerprint density at radius 2 is 1.92 bits per heavy atom. The SMILES string of the molecule is O=C(NCCCO)C1CCN(S(=O)(=O)/C=C/c2ccccc2)CC1. The van der Waals surface area contributed by atoms with Crippen molar-refractivity contribution in [1.29, 1.82) is 0 Å². The van der Waals surface area contributed by atoms with Crippen molar-refractivity contribution in [3.05, 3.63) is 41.3 Å². The summed E-state index contributed by atoms with van der Waals surface area (Å²) >= 11 is 0. The second-order valence-electron chi connectivity index (χ2n) is 5.80. The summed E-state index contributed by atoms with van der Waals surface area (Å²) in [4.78, 5) is 12.0. The largest absolute Gasteiger partial charge is 0.396 e. The van der Waals surface area contributed by atoms with Crippen LogP contribution in [0.25, 0.3) is 6.08 Å². The van der Waals surface area contributed by atoms with E-state index in [1.54, 1.807) is 6.08 Å². The maximum absolute atomic E-state index is 12.4. The highest BCUT2D eigenvalue weighted by Crippen LogP contribution is 2.21. The highest BCUT2D eigenvalue weighted by molar-refractivity contribution is 7.92. The Labute approximate surface area is 143 Å². The van der Waals surface area contributed by atoms with Gasteiger partial charge in [0.05, 0.1) is 0 Å². The molecule has 0 radical (unpaired) electrons. The summed E-state index contributed by atoms with van der Waals surface area (Å²) in [6.07, 6.45) is 3.15. The number of rotatable bonds is 7. The molecule has 0 spiro atoms. The van der Waals surface area contributed by atoms with E-state index in [4.69, 9.17) is 5.11 Å². The molecule has 24 heavy (non-hydrogen) atoms. The number of sulfonamides is 1. The lowest BCUT2D eigenvalue weighted by molar-refractivity contribution is -0.126. The Kier molecular flexibility index (Phi) is 6.96. The number of aliphatic hydroxyl groups excluding tert-OH is 1. The molecule has 0 atom stereocenters. The third-order valence-corrected chi connectivity index (χ3v) is 5.62. The van der Waals surface area contributed by atoms with E-state index in [0.29, 0.717) is 38.9 Å². The van der Waals surface area contributed by atoms with E-state index in [2.05, 4.69) is 5.32 Å². The molecule has 2 rings (SSSR count). The van der Waals surface area contributed by atoms with Gasteiger partial charge in [-0.15, -0.1) is 0 Å². The second kappa shape index (κ2) is 8.96. The molecule has 0 aromatic heterocycles. The Bertz CT molecular complexity index is 650. The lowest BCUT2D eigenvalue weighted by atomic mass is 9.97. The topological polar surface area (TPSA) is 86.7 Å². The van der Waals surface area contributed by atoms with Gasteiger partial charge in [0.2, 0.25) is 15.9 Å². The number of nitrogens with zero attached hydrogens (tertiary/aromatic N) is 1. The molecule has 7 heteroatoms. The summed E-state index contributed by atoms with van der Waals surface area (Å²) in [5.74, 6) is -0.214. The van der Waals surface area contributed by atoms with Gasteiger partial charge >= 0.3 is 0 Å². The van der Waals surface area contributed by atoms with Crippen LogP contribution in [0.5, 0.6) is 0 Å². The summed E-state index contributed by atoms with van der Waals surface area (Å²) in [7, 11) is -3.46. The van der Waals surface area contributed by atoms with Gasteiger partial charge in [0, 0.05) is 37.6 Å². The van der Waals surface area contributed by atoms with Gasteiger partial charge in [-0.05, 0) is 30.9 Å². The molecule has 0 bridgehead atoms. The highest BCUT2D eigenvalue weighted by Gasteiger charge is 2.29. The van der Waals surface area contributed by atoms with Crippen molar-refractivity contribution in [3.63, 3.8) is 0 Å². The summed E-state index contributed by atoms with van der Waals surface area (Å²) in [6.45, 7) is 1.19. The summed E-state index contributed by atoms with van der Waals surface area (Å²) < 4.78 is 26.1. The molecule has 1 fully saturated rings. The van der Waals surface area contributed by atoms with Crippen LogP contribution >= 0.6 is 0 Å². The first-order chi connectivity index (χ1) is 11.5. The average molecular weight is 352 g/mol. The number of hydrogen-bond donors (Lipinski definition) is 2. The molecule has 0 unspecified atom stereocenters. The first-order valence-corrected chi connectivity index (χ1v) is 9.65. The molecule has 0 saturated carbocycles. The van der Waals surface area contributed by atoms with E-state index in [-0.39, 0.29) is 18.4 Å². The van der Waals surface area contributed by atoms with E-state index in [1.165, 1.54) is 9.71 Å². The van der Waals surface area contributed by atoms with Crippen LogP contribution in [0.2, 0.25) is 0 Å². The number of amides is 1. The molecule has 1 amide bonds. The molecular weight excluding hydrogens is 328 g/mol. The standard InChI is InChI=1S/C17H24N2O4S/c20-13-4-10-18-17(21)16-7-11-19(12-8-16)24(22,23)14-9-15-5-2-1-3-6-15/h1-3,5-6,9,14,16,20H,4,7-8,10-13H2,(H,18,21)/b14-9+. The van der Waals surface area contributed by atoms with Crippen LogP contribution in [0, 0.1) is 5.92 Å². The van der Waals surface area contributed by atoms with Crippen molar-refractivity contribution in [2.24, 2.45) is 5.92 Å². The van der Waals surface area contributed by atoms with Crippen molar-refractivity contribution >= 4 is 22.0 Å². The quantitative estimate of drug-likeness (QED) is 0.722. The Morgan fingerprint density at radius 1 is 1.25 bits per heavy atom. The van der Waals surface area contributed by atoms with Gasteiger partial charge in [-0.25, -0.2) is 8.42 Å². The molecule has 6 nitrogen and oxygen atoms in total. The fraction of sp³-hybridized carbons (Fsp3) is 0.471. The molecule has 1 aliphatic rings. The predicted octanol–water partition coefficient (Wildman–Crippen LogP) is 1.20. The van der Waals surface area contributed by atoms with Crippen LogP contribution in [0.4, 0.5) is 0 Å². The van der Waals surface area contributed by atoms with Crippen molar-refractivity contribution < 1.29 is 18.3 Å². The lowest BCUT2D eigenvalue weighted by Crippen LogP contribution is -2.42. The van der Waals surface area contributed by atoms with Gasteiger partial charge in [0.15, 0.2) is 0 Å². The van der Waals surface area contributed by atoms with Gasteiger partial charge in [-0.3, -0.25) is 4.79 Å². The third kappa shape index (κ3) is 5.43. The Hall–Kier alpha value is -1.70. The third-order valence-electron chi connectivity index (χ3n) is 4.05. The van der Waals surface area contributed by atoms with Crippen molar-refractivity contribution in [3.8, 4) is 0 Å². The number of carbonyl (C=O) groups is 1. The van der Waals surface area contributed by atoms with Gasteiger partial charge in [0.1, 0.15) is 0 Å². The molecule has 1 aliphatic heterocycles. The average Bonchev–Trinajstić information content (AvgIpc) is 2.61. The minimum Gasteiger partial charge on any atom is -0.396 e. The molecule has 1 saturated heterocycles. The zero-order chi connectivity index (χ0) is 17.4. The normalized spacial score (nSPS) is 17.2. The predicted molar refractivity (Wildman–Crippen MR) is 93.4 cm³/mol. The van der Waals surface area contributed by atoms with E-state index in [9.17, 15) is 13.2 Å². The van der Waals surface area contributed by atoms with E-state index >= 15 is 0 Å². The van der Waals surface area contributed by atoms with Crippen molar-refractivity contribution in [1.82, 2.24) is 9.62 Å². The summed E-state index contributed by atoms with van der Waals surface area (Å²) in [5, 5.41) is 12.7. The lowest BCUT2D eigenvalue weighted by Gasteiger charge is -2.29. The molecule has 1 heterocycles. The van der Waals surface area contributed by atoms with Crippen molar-refractivity contribution in [2.75, 3.05) is 26.2 Å². The number of hydrogen-bond acceptors (Lipinski definition) is 4. The number of aliphatic hydroxyl groups is 1. The Morgan fingerprint density at radius 3 is 2.54 bits per heavy atom. The van der Waals surface area contributed by atoms with Crippen LogP contribution in [-0.4, -0.2) is 50.0 Å². The van der Waals surface area contributed by atoms with Gasteiger partial charge in [0.25, 0.3) is 0 Å². The second-order valence-corrected chi connectivity index (χ2v) is 7.62. The Balaban J connectivity index is 1.86. The molecule has 1 aromatic carbocycles. The van der Waals surface area contributed by atoms with Crippen LogP contribution in [0.1, 0.15) is 24.8 Å². The van der Waals surface area contributed by atoms with Gasteiger partial charge in [-0.1, -0.05) is 30.3 Å². The molecular formula is C17H24N2O4S. The molecule has 1 aromatic rings. The zero-order valence-electron chi connectivity index (χ0n) is 13.6. The highest BCUT2D eigenvalue weighted by atomic mass is 32.2. The van der Waals surface area contributed by atoms with Crippen LogP contribution in [0.3, 0.4) is 0 Å². The number of nitrogens with one attached hydrogen (secondary N) is 1. The smallest absolute Gasteiger partial charge is 0.236 e. The maximum atomic E-state index is 12.4. The summed E-state index contributed by atoms with van der Waals surface area (Å²) in [6, 6.07) is 9.27. The molecule has 0 aliphatic carbocycles. The van der Waals surface area contributed by atoms with Crippen LogP contribution in [0.15, 0.2) is 35.7 Å². The molecule has 2 N–H and O–H groups in total. The molecule has 132 valence electrons. The summed E-state index contributed by atoms with van der Waals surface area (Å²) in [5.41, 5.74) is 0.833. The first-order valence-electron chi connectivity index (χ1n) is 8.15. The maximum Gasteiger partial charge on any atom is 0.236 e. The minimum absolute atomic E-state index is 0.0463. The fourth-order valence-corrected chi connectivity index (χ4v) is 3.84. The number of carbonyl (C=O) groups excluding carboxylic acids is 1. The van der Waals surface area contributed by atoms with Crippen LogP contribution < -0.4 is 5.32 Å². The van der Waals surface area contributed by atoms with Crippen molar-refractivity contribution in [2.45, 2.75) is 19.3 Å². The van der Waals surface area contributed by atoms with Crippen LogP contribution in [-0.2, 0) is 14.8 Å². The zero-order valence-corrected chi connectivity index (χ0v) is 14.4. The van der Waals surface area contributed by atoms with Gasteiger partial charge < -0.3 is 10.4 Å². The first kappa shape index (κ1) is 18.6. The van der Waals surface area contributed by atoms with E-state index in [0.717, 1.165) is 5.56 Å². The van der Waals surface area contributed by atoms with Gasteiger partial charge in [-0.2, -0.15) is 4.31 Å². The van der Waals surface area contributed by atoms with E-state index < -0.39 is 10.0 Å². The number of piperidine rings is 1.